The molecule has 1 amide bonds. The SMILES string of the molecule is CCCN(CC1CC1)C(=O)c1ccc(C#N)cn1. The van der Waals surface area contributed by atoms with Gasteiger partial charge in [0.2, 0.25) is 0 Å². The molecule has 1 fully saturated rings. The van der Waals surface area contributed by atoms with Crippen molar-refractivity contribution in [1.82, 2.24) is 9.88 Å². The van der Waals surface area contributed by atoms with E-state index in [9.17, 15) is 4.79 Å². The summed E-state index contributed by atoms with van der Waals surface area (Å²) in [4.78, 5) is 18.2. The van der Waals surface area contributed by atoms with Gasteiger partial charge in [0.25, 0.3) is 5.91 Å². The number of rotatable bonds is 5. The monoisotopic (exact) mass is 243 g/mol. The van der Waals surface area contributed by atoms with E-state index in [1.165, 1.54) is 19.0 Å². The van der Waals surface area contributed by atoms with Gasteiger partial charge in [0.05, 0.1) is 5.56 Å². The lowest BCUT2D eigenvalue weighted by atomic mass is 10.2. The molecule has 94 valence electrons. The quantitative estimate of drug-likeness (QED) is 0.796. The van der Waals surface area contributed by atoms with Gasteiger partial charge < -0.3 is 4.90 Å². The number of hydrogen-bond donors (Lipinski definition) is 0. The fourth-order valence-electron chi connectivity index (χ4n) is 1.91. The number of carbonyl (C=O) groups is 1. The molecule has 0 aromatic carbocycles. The minimum Gasteiger partial charge on any atom is -0.337 e. The summed E-state index contributed by atoms with van der Waals surface area (Å²) in [6.07, 6.45) is 4.87. The third-order valence-corrected chi connectivity index (χ3v) is 3.07. The summed E-state index contributed by atoms with van der Waals surface area (Å²) < 4.78 is 0. The van der Waals surface area contributed by atoms with Crippen LogP contribution in [0.3, 0.4) is 0 Å². The molecule has 1 aromatic rings. The largest absolute Gasteiger partial charge is 0.337 e. The van der Waals surface area contributed by atoms with Gasteiger partial charge in [0.1, 0.15) is 11.8 Å². The van der Waals surface area contributed by atoms with E-state index in [2.05, 4.69) is 11.9 Å². The highest BCUT2D eigenvalue weighted by Gasteiger charge is 2.27. The van der Waals surface area contributed by atoms with E-state index in [0.29, 0.717) is 17.2 Å². The molecule has 4 nitrogen and oxygen atoms in total. The molecule has 1 aliphatic carbocycles. The van der Waals surface area contributed by atoms with Crippen molar-refractivity contribution in [1.29, 1.82) is 5.26 Å². The highest BCUT2D eigenvalue weighted by atomic mass is 16.2. The highest BCUT2D eigenvalue weighted by molar-refractivity contribution is 5.92. The minimum atomic E-state index is -0.0201. The van der Waals surface area contributed by atoms with Gasteiger partial charge in [-0.2, -0.15) is 5.26 Å². The van der Waals surface area contributed by atoms with Gasteiger partial charge in [-0.15, -0.1) is 0 Å². The summed E-state index contributed by atoms with van der Waals surface area (Å²) in [6.45, 7) is 3.69. The molecule has 0 saturated heterocycles. The lowest BCUT2D eigenvalue weighted by Crippen LogP contribution is -2.34. The molecule has 0 unspecified atom stereocenters. The Morgan fingerprint density at radius 1 is 1.56 bits per heavy atom. The van der Waals surface area contributed by atoms with E-state index < -0.39 is 0 Å². The van der Waals surface area contributed by atoms with Crippen LogP contribution in [-0.2, 0) is 0 Å². The Bertz CT molecular complexity index is 457. The van der Waals surface area contributed by atoms with Crippen LogP contribution >= 0.6 is 0 Å². The first-order chi connectivity index (χ1) is 8.74. The molecule has 2 rings (SSSR count). The fourth-order valence-corrected chi connectivity index (χ4v) is 1.91. The maximum absolute atomic E-state index is 12.3. The number of pyridine rings is 1. The van der Waals surface area contributed by atoms with Crippen LogP contribution < -0.4 is 0 Å². The van der Waals surface area contributed by atoms with Gasteiger partial charge in [-0.1, -0.05) is 6.92 Å². The van der Waals surface area contributed by atoms with Gasteiger partial charge in [-0.3, -0.25) is 4.79 Å². The van der Waals surface area contributed by atoms with Crippen molar-refractivity contribution in [2.75, 3.05) is 13.1 Å². The molecule has 0 bridgehead atoms. The molecule has 1 saturated carbocycles. The van der Waals surface area contributed by atoms with Gasteiger partial charge >= 0.3 is 0 Å². The molecule has 0 aliphatic heterocycles. The van der Waals surface area contributed by atoms with Crippen LogP contribution in [0.2, 0.25) is 0 Å². The molecule has 1 aromatic heterocycles. The third-order valence-electron chi connectivity index (χ3n) is 3.07. The zero-order valence-corrected chi connectivity index (χ0v) is 10.6. The first kappa shape index (κ1) is 12.6. The maximum Gasteiger partial charge on any atom is 0.272 e. The topological polar surface area (TPSA) is 57.0 Å². The summed E-state index contributed by atoms with van der Waals surface area (Å²) in [7, 11) is 0. The van der Waals surface area contributed by atoms with Gasteiger partial charge in [-0.25, -0.2) is 4.98 Å². The van der Waals surface area contributed by atoms with E-state index in [0.717, 1.165) is 19.5 Å². The summed E-state index contributed by atoms with van der Waals surface area (Å²) in [5.41, 5.74) is 0.916. The smallest absolute Gasteiger partial charge is 0.272 e. The first-order valence-corrected chi connectivity index (χ1v) is 6.40. The van der Waals surface area contributed by atoms with Crippen LogP contribution in [0.25, 0.3) is 0 Å². The number of aromatic nitrogens is 1. The van der Waals surface area contributed by atoms with Crippen molar-refractivity contribution in [3.8, 4) is 6.07 Å². The third kappa shape index (κ3) is 3.07. The van der Waals surface area contributed by atoms with Crippen molar-refractivity contribution < 1.29 is 4.79 Å². The van der Waals surface area contributed by atoms with Crippen molar-refractivity contribution in [3.63, 3.8) is 0 Å². The average molecular weight is 243 g/mol. The highest BCUT2D eigenvalue weighted by Crippen LogP contribution is 2.30. The van der Waals surface area contributed by atoms with Crippen LogP contribution in [0.4, 0.5) is 0 Å². The van der Waals surface area contributed by atoms with Crippen LogP contribution in [-0.4, -0.2) is 28.9 Å². The Morgan fingerprint density at radius 3 is 2.83 bits per heavy atom. The predicted octanol–water partition coefficient (Wildman–Crippen LogP) is 2.22. The molecule has 18 heavy (non-hydrogen) atoms. The van der Waals surface area contributed by atoms with Gasteiger partial charge in [-0.05, 0) is 37.3 Å². The minimum absolute atomic E-state index is 0.0201. The summed E-state index contributed by atoms with van der Waals surface area (Å²) in [5, 5.41) is 8.70. The lowest BCUT2D eigenvalue weighted by Gasteiger charge is -2.21. The molecular formula is C14H17N3O. The summed E-state index contributed by atoms with van der Waals surface area (Å²) in [5.74, 6) is 0.659. The first-order valence-electron chi connectivity index (χ1n) is 6.40. The van der Waals surface area contributed by atoms with E-state index in [1.54, 1.807) is 12.1 Å². The Kier molecular flexibility index (Phi) is 3.93. The van der Waals surface area contributed by atoms with E-state index in [-0.39, 0.29) is 5.91 Å². The van der Waals surface area contributed by atoms with Crippen LogP contribution in [0.5, 0.6) is 0 Å². The fraction of sp³-hybridized carbons (Fsp3) is 0.500. The van der Waals surface area contributed by atoms with E-state index >= 15 is 0 Å². The van der Waals surface area contributed by atoms with Crippen molar-refractivity contribution in [3.05, 3.63) is 29.6 Å². The predicted molar refractivity (Wildman–Crippen MR) is 67.9 cm³/mol. The molecule has 1 aliphatic rings. The molecule has 4 heteroatoms. The van der Waals surface area contributed by atoms with Gasteiger partial charge in [0.15, 0.2) is 0 Å². The van der Waals surface area contributed by atoms with Crippen molar-refractivity contribution in [2.45, 2.75) is 26.2 Å². The lowest BCUT2D eigenvalue weighted by molar-refractivity contribution is 0.0742. The number of nitriles is 1. The second kappa shape index (κ2) is 5.63. The second-order valence-corrected chi connectivity index (χ2v) is 4.74. The van der Waals surface area contributed by atoms with E-state index in [1.807, 2.05) is 11.0 Å². The van der Waals surface area contributed by atoms with Crippen LogP contribution in [0, 0.1) is 17.2 Å². The van der Waals surface area contributed by atoms with Crippen molar-refractivity contribution in [2.24, 2.45) is 5.92 Å². The Morgan fingerprint density at radius 2 is 2.33 bits per heavy atom. The normalized spacial score (nSPS) is 14.0. The van der Waals surface area contributed by atoms with E-state index in [4.69, 9.17) is 5.26 Å². The van der Waals surface area contributed by atoms with Crippen LogP contribution in [0.15, 0.2) is 18.3 Å². The molecule has 0 atom stereocenters. The van der Waals surface area contributed by atoms with Gasteiger partial charge in [0, 0.05) is 19.3 Å². The molecule has 0 radical (unpaired) electrons. The average Bonchev–Trinajstić information content (AvgIpc) is 3.21. The number of nitrogens with zero attached hydrogens (tertiary/aromatic N) is 3. The second-order valence-electron chi connectivity index (χ2n) is 4.74. The summed E-state index contributed by atoms with van der Waals surface area (Å²) >= 11 is 0. The Hall–Kier alpha value is -1.89. The molecule has 0 N–H and O–H groups in total. The maximum atomic E-state index is 12.3. The Labute approximate surface area is 107 Å². The number of amides is 1. The van der Waals surface area contributed by atoms with Crippen molar-refractivity contribution >= 4 is 5.91 Å². The number of carbonyl (C=O) groups excluding carboxylic acids is 1. The molecule has 1 heterocycles. The number of hydrogen-bond acceptors (Lipinski definition) is 3. The zero-order valence-electron chi connectivity index (χ0n) is 10.6. The molecule has 0 spiro atoms. The molecular weight excluding hydrogens is 226 g/mol. The zero-order chi connectivity index (χ0) is 13.0. The van der Waals surface area contributed by atoms with Crippen LogP contribution in [0.1, 0.15) is 42.2 Å². The Balaban J connectivity index is 2.07. The standard InChI is InChI=1S/C14H17N3O/c1-2-7-17(10-11-3-4-11)14(18)13-6-5-12(8-15)9-16-13/h5-6,9,11H,2-4,7,10H2,1H3. The summed E-state index contributed by atoms with van der Waals surface area (Å²) in [6, 6.07) is 5.28.